The number of carboxylic acids is 1. The lowest BCUT2D eigenvalue weighted by atomic mass is 10.0. The van der Waals surface area contributed by atoms with E-state index in [1.54, 1.807) is 23.6 Å². The normalized spacial score (nSPS) is 11.3. The predicted octanol–water partition coefficient (Wildman–Crippen LogP) is 6.82. The van der Waals surface area contributed by atoms with E-state index < -0.39 is 17.6 Å². The van der Waals surface area contributed by atoms with Gasteiger partial charge in [0.15, 0.2) is 11.6 Å². The van der Waals surface area contributed by atoms with Crippen molar-refractivity contribution in [2.75, 3.05) is 27.3 Å². The van der Waals surface area contributed by atoms with E-state index in [0.29, 0.717) is 44.5 Å². The summed E-state index contributed by atoms with van der Waals surface area (Å²) in [5, 5.41) is 10.5. The van der Waals surface area contributed by atoms with E-state index in [4.69, 9.17) is 9.47 Å². The van der Waals surface area contributed by atoms with E-state index in [1.807, 2.05) is 60.8 Å². The maximum absolute atomic E-state index is 13.6. The number of para-hydroxylation sites is 1. The summed E-state index contributed by atoms with van der Waals surface area (Å²) in [5.41, 5.74) is 3.72. The fraction of sp³-hybridized carbons (Fsp3) is 0.294. The molecule has 0 aliphatic carbocycles. The Kier molecular flexibility index (Phi) is 10.9. The van der Waals surface area contributed by atoms with Crippen molar-refractivity contribution < 1.29 is 33.0 Å². The predicted molar refractivity (Wildman–Crippen MR) is 163 cm³/mol. The second-order valence-corrected chi connectivity index (χ2v) is 10.4. The number of carbonyl (C=O) groups excluding carboxylic acids is 1. The minimum atomic E-state index is -0.978. The topological polar surface area (TPSA) is 81.0 Å². The first-order chi connectivity index (χ1) is 20.7. The van der Waals surface area contributed by atoms with Gasteiger partial charge >= 0.3 is 5.97 Å². The number of fused-ring (bicyclic) bond motifs is 1. The van der Waals surface area contributed by atoms with E-state index in [0.717, 1.165) is 33.7 Å². The van der Waals surface area contributed by atoms with Crippen molar-refractivity contribution >= 4 is 34.9 Å². The molecule has 3 aromatic carbocycles. The first kappa shape index (κ1) is 31.3. The van der Waals surface area contributed by atoms with Gasteiger partial charge in [0.05, 0.1) is 18.7 Å². The third-order valence-corrected chi connectivity index (χ3v) is 6.97. The van der Waals surface area contributed by atoms with Crippen LogP contribution in [0.15, 0.2) is 66.9 Å². The van der Waals surface area contributed by atoms with Gasteiger partial charge < -0.3 is 24.0 Å². The highest BCUT2D eigenvalue weighted by molar-refractivity contribution is 5.94. The molecule has 43 heavy (non-hydrogen) atoms. The SMILES string of the molecule is CN(C)C(=O)CCCc1cn(CC(=O)O)c2c(/C=C/c3ccc(OCCCCOc4cccc(F)c4F)cc3)cccc12. The second kappa shape index (κ2) is 15.0. The number of carbonyl (C=O) groups is 2. The first-order valence-corrected chi connectivity index (χ1v) is 14.2. The third-order valence-electron chi connectivity index (χ3n) is 6.97. The molecule has 0 bridgehead atoms. The molecule has 0 saturated heterocycles. The van der Waals surface area contributed by atoms with Gasteiger partial charge in [0.2, 0.25) is 11.7 Å². The maximum Gasteiger partial charge on any atom is 0.323 e. The molecule has 1 aromatic heterocycles. The minimum absolute atomic E-state index is 0.0689. The minimum Gasteiger partial charge on any atom is -0.494 e. The number of benzene rings is 3. The lowest BCUT2D eigenvalue weighted by Crippen LogP contribution is -2.21. The van der Waals surface area contributed by atoms with Crippen LogP contribution in [0.3, 0.4) is 0 Å². The molecule has 0 atom stereocenters. The van der Waals surface area contributed by atoms with Crippen LogP contribution in [-0.2, 0) is 22.6 Å². The maximum atomic E-state index is 13.6. The van der Waals surface area contributed by atoms with Gasteiger partial charge in [0.1, 0.15) is 12.3 Å². The van der Waals surface area contributed by atoms with Crippen molar-refractivity contribution in [2.24, 2.45) is 0 Å². The molecule has 1 heterocycles. The van der Waals surface area contributed by atoms with Crippen molar-refractivity contribution in [3.8, 4) is 11.5 Å². The molecule has 0 fully saturated rings. The average molecular weight is 591 g/mol. The number of ether oxygens (including phenoxy) is 2. The number of aromatic nitrogens is 1. The molecule has 1 amide bonds. The Hall–Kier alpha value is -4.66. The largest absolute Gasteiger partial charge is 0.494 e. The van der Waals surface area contributed by atoms with Gasteiger partial charge in [0, 0.05) is 32.1 Å². The molecule has 1 N–H and O–H groups in total. The fourth-order valence-corrected chi connectivity index (χ4v) is 4.75. The molecule has 9 heteroatoms. The van der Waals surface area contributed by atoms with E-state index in [2.05, 4.69) is 0 Å². The number of unbranched alkanes of at least 4 members (excludes halogenated alkanes) is 1. The van der Waals surface area contributed by atoms with E-state index in [-0.39, 0.29) is 24.8 Å². The van der Waals surface area contributed by atoms with E-state index in [9.17, 15) is 23.5 Å². The molecule has 0 aliphatic heterocycles. The molecule has 0 aliphatic rings. The summed E-state index contributed by atoms with van der Waals surface area (Å²) in [4.78, 5) is 25.2. The van der Waals surface area contributed by atoms with Gasteiger partial charge in [-0.1, -0.05) is 48.6 Å². The number of rotatable bonds is 15. The lowest BCUT2D eigenvalue weighted by molar-refractivity contribution is -0.137. The van der Waals surface area contributed by atoms with Crippen LogP contribution in [0.25, 0.3) is 23.1 Å². The third kappa shape index (κ3) is 8.67. The highest BCUT2D eigenvalue weighted by atomic mass is 19.2. The van der Waals surface area contributed by atoms with Gasteiger partial charge in [0.25, 0.3) is 0 Å². The zero-order chi connectivity index (χ0) is 30.8. The Labute approximate surface area is 250 Å². The zero-order valence-corrected chi connectivity index (χ0v) is 24.4. The van der Waals surface area contributed by atoms with Crippen LogP contribution in [-0.4, -0.2) is 53.8 Å². The highest BCUT2D eigenvalue weighted by Crippen LogP contribution is 2.28. The van der Waals surface area contributed by atoms with Crippen LogP contribution in [0.5, 0.6) is 11.5 Å². The molecule has 0 unspecified atom stereocenters. The Morgan fingerprint density at radius 3 is 2.35 bits per heavy atom. The van der Waals surface area contributed by atoms with Crippen molar-refractivity contribution in [3.63, 3.8) is 0 Å². The van der Waals surface area contributed by atoms with E-state index in [1.165, 1.54) is 12.1 Å². The quantitative estimate of drug-likeness (QED) is 0.121. The molecule has 4 rings (SSSR count). The van der Waals surface area contributed by atoms with Crippen molar-refractivity contribution in [3.05, 3.63) is 95.2 Å². The van der Waals surface area contributed by atoms with Gasteiger partial charge in [-0.15, -0.1) is 0 Å². The average Bonchev–Trinajstić information content (AvgIpc) is 3.33. The Bertz CT molecular complexity index is 1580. The number of amides is 1. The van der Waals surface area contributed by atoms with Gasteiger partial charge in [-0.2, -0.15) is 4.39 Å². The van der Waals surface area contributed by atoms with Crippen molar-refractivity contribution in [1.29, 1.82) is 0 Å². The molecule has 4 aromatic rings. The van der Waals surface area contributed by atoms with Crippen molar-refractivity contribution in [1.82, 2.24) is 9.47 Å². The van der Waals surface area contributed by atoms with Crippen LogP contribution >= 0.6 is 0 Å². The van der Waals surface area contributed by atoms with Gasteiger partial charge in [-0.05, 0) is 66.6 Å². The molecule has 0 spiro atoms. The smallest absolute Gasteiger partial charge is 0.323 e. The number of nitrogens with zero attached hydrogens (tertiary/aromatic N) is 2. The Balaban J connectivity index is 1.34. The summed E-state index contributed by atoms with van der Waals surface area (Å²) >= 11 is 0. The van der Waals surface area contributed by atoms with Crippen LogP contribution in [0.1, 0.15) is 42.4 Å². The number of aryl methyl sites for hydroxylation is 1. The van der Waals surface area contributed by atoms with E-state index >= 15 is 0 Å². The Morgan fingerprint density at radius 2 is 1.63 bits per heavy atom. The summed E-state index contributed by atoms with van der Waals surface area (Å²) in [7, 11) is 3.48. The second-order valence-electron chi connectivity index (χ2n) is 10.4. The highest BCUT2D eigenvalue weighted by Gasteiger charge is 2.14. The number of hydrogen-bond donors (Lipinski definition) is 1. The monoisotopic (exact) mass is 590 g/mol. The molecular formula is C34H36F2N2O5. The van der Waals surface area contributed by atoms with Crippen LogP contribution in [0.4, 0.5) is 8.78 Å². The fourth-order valence-electron chi connectivity index (χ4n) is 4.75. The molecule has 0 saturated carbocycles. The summed E-state index contributed by atoms with van der Waals surface area (Å²) in [5.74, 6) is -2.14. The van der Waals surface area contributed by atoms with Gasteiger partial charge in [-0.3, -0.25) is 9.59 Å². The molecular weight excluding hydrogens is 554 g/mol. The summed E-state index contributed by atoms with van der Waals surface area (Å²) in [6.45, 7) is 0.559. The number of carboxylic acid groups (broad SMARTS) is 1. The van der Waals surface area contributed by atoms with Crippen LogP contribution in [0.2, 0.25) is 0 Å². The summed E-state index contributed by atoms with van der Waals surface area (Å²) in [6, 6.07) is 17.4. The lowest BCUT2D eigenvalue weighted by Gasteiger charge is -2.09. The van der Waals surface area contributed by atoms with Crippen LogP contribution < -0.4 is 9.47 Å². The van der Waals surface area contributed by atoms with Gasteiger partial charge in [-0.25, -0.2) is 4.39 Å². The molecule has 226 valence electrons. The summed E-state index contributed by atoms with van der Waals surface area (Å²) in [6.07, 6.45) is 8.93. The molecule has 7 nitrogen and oxygen atoms in total. The van der Waals surface area contributed by atoms with Crippen molar-refractivity contribution in [2.45, 2.75) is 38.6 Å². The zero-order valence-electron chi connectivity index (χ0n) is 24.4. The summed E-state index contributed by atoms with van der Waals surface area (Å²) < 4.78 is 39.8. The standard InChI is InChI=1S/C34H36F2N2O5/c1-37(2)31(39)13-6-9-26-22-38(23-32(40)41)34-25(8-5-10-28(26)34)17-14-24-15-18-27(19-16-24)42-20-3-4-21-43-30-12-7-11-29(35)33(30)36/h5,7-8,10-12,14-19,22H,3-4,6,9,13,20-21,23H2,1-2H3,(H,40,41)/b17-14+. The molecule has 0 radical (unpaired) electrons. The Morgan fingerprint density at radius 1 is 0.907 bits per heavy atom. The first-order valence-electron chi connectivity index (χ1n) is 14.2. The number of aliphatic carboxylic acids is 1. The number of halogens is 2. The van der Waals surface area contributed by atoms with Crippen LogP contribution in [0, 0.1) is 11.6 Å². The number of hydrogen-bond acceptors (Lipinski definition) is 4.